The maximum Gasteiger partial charge on any atom is 0.272 e. The van der Waals surface area contributed by atoms with Crippen LogP contribution in [0.25, 0.3) is 0 Å². The minimum atomic E-state index is -0.347. The van der Waals surface area contributed by atoms with Crippen molar-refractivity contribution in [2.45, 2.75) is 19.2 Å². The molecule has 0 unspecified atom stereocenters. The second-order valence-corrected chi connectivity index (χ2v) is 3.45. The highest BCUT2D eigenvalue weighted by atomic mass is 79.9. The van der Waals surface area contributed by atoms with E-state index in [9.17, 15) is 10.1 Å². The zero-order chi connectivity index (χ0) is 10.0. The summed E-state index contributed by atoms with van der Waals surface area (Å²) in [4.78, 5) is 10.2. The molecule has 0 atom stereocenters. The second kappa shape index (κ2) is 3.87. The van der Waals surface area contributed by atoms with Crippen molar-refractivity contribution in [1.29, 1.82) is 0 Å². The van der Waals surface area contributed by atoms with Gasteiger partial charge in [-0.2, -0.15) is 0 Å². The van der Waals surface area contributed by atoms with Crippen LogP contribution < -0.4 is 0 Å². The Hall–Kier alpha value is -0.900. The topological polar surface area (TPSA) is 43.1 Å². The highest BCUT2D eigenvalue weighted by Gasteiger charge is 2.13. The number of alkyl halides is 1. The fraction of sp³-hybridized carbons (Fsp3) is 0.333. The molecule has 0 bridgehead atoms. The Morgan fingerprint density at radius 2 is 2.00 bits per heavy atom. The van der Waals surface area contributed by atoms with Gasteiger partial charge in [0, 0.05) is 17.0 Å². The quantitative estimate of drug-likeness (QED) is 0.455. The molecule has 1 rings (SSSR count). The third-order valence-electron chi connectivity index (χ3n) is 2.21. The molecule has 13 heavy (non-hydrogen) atoms. The van der Waals surface area contributed by atoms with Crippen LogP contribution in [-0.2, 0) is 5.33 Å². The van der Waals surface area contributed by atoms with Gasteiger partial charge in [0.05, 0.1) is 4.92 Å². The van der Waals surface area contributed by atoms with Crippen molar-refractivity contribution >= 4 is 21.6 Å². The molecule has 3 nitrogen and oxygen atoms in total. The van der Waals surface area contributed by atoms with Crippen molar-refractivity contribution in [2.24, 2.45) is 0 Å². The molecule has 0 fully saturated rings. The molecule has 0 radical (unpaired) electrons. The molecule has 0 saturated heterocycles. The lowest BCUT2D eigenvalue weighted by Crippen LogP contribution is -1.96. The second-order valence-electron chi connectivity index (χ2n) is 2.88. The highest BCUT2D eigenvalue weighted by molar-refractivity contribution is 9.08. The van der Waals surface area contributed by atoms with Crippen LogP contribution in [0, 0.1) is 24.0 Å². The number of rotatable bonds is 2. The van der Waals surface area contributed by atoms with Crippen molar-refractivity contribution in [1.82, 2.24) is 0 Å². The fourth-order valence-corrected chi connectivity index (χ4v) is 1.81. The smallest absolute Gasteiger partial charge is 0.258 e. The molecule has 0 amide bonds. The van der Waals surface area contributed by atoms with Crippen molar-refractivity contribution in [2.75, 3.05) is 0 Å². The summed E-state index contributed by atoms with van der Waals surface area (Å²) in [5, 5.41) is 11.3. The molecule has 0 spiro atoms. The van der Waals surface area contributed by atoms with Crippen LogP contribution in [0.4, 0.5) is 5.69 Å². The third kappa shape index (κ3) is 1.88. The largest absolute Gasteiger partial charge is 0.272 e. The first-order chi connectivity index (χ1) is 6.07. The first-order valence-corrected chi connectivity index (χ1v) is 4.99. The zero-order valence-electron chi connectivity index (χ0n) is 7.50. The predicted octanol–water partition coefficient (Wildman–Crippen LogP) is 3.11. The molecule has 4 heteroatoms. The first-order valence-electron chi connectivity index (χ1n) is 3.87. The van der Waals surface area contributed by atoms with Crippen molar-refractivity contribution in [3.8, 4) is 0 Å². The Labute approximate surface area is 85.0 Å². The number of hydrogen-bond acceptors (Lipinski definition) is 2. The van der Waals surface area contributed by atoms with Crippen LogP contribution in [0.3, 0.4) is 0 Å². The maximum atomic E-state index is 10.6. The molecule has 0 aliphatic rings. The van der Waals surface area contributed by atoms with Crippen LogP contribution in [-0.4, -0.2) is 4.92 Å². The normalized spacial score (nSPS) is 10.1. The summed E-state index contributed by atoms with van der Waals surface area (Å²) in [6.45, 7) is 3.68. The van der Waals surface area contributed by atoms with Crippen LogP contribution in [0.2, 0.25) is 0 Å². The van der Waals surface area contributed by atoms with E-state index in [2.05, 4.69) is 15.9 Å². The van der Waals surface area contributed by atoms with E-state index in [-0.39, 0.29) is 10.6 Å². The lowest BCUT2D eigenvalue weighted by molar-refractivity contribution is -0.385. The molecule has 0 aliphatic carbocycles. The van der Waals surface area contributed by atoms with E-state index >= 15 is 0 Å². The van der Waals surface area contributed by atoms with Gasteiger partial charge in [-0.05, 0) is 25.0 Å². The van der Waals surface area contributed by atoms with Crippen molar-refractivity contribution < 1.29 is 4.92 Å². The number of benzene rings is 1. The Morgan fingerprint density at radius 1 is 1.38 bits per heavy atom. The Kier molecular flexibility index (Phi) is 3.03. The fourth-order valence-electron chi connectivity index (χ4n) is 1.21. The van der Waals surface area contributed by atoms with E-state index in [1.54, 1.807) is 19.1 Å². The molecule has 1 aromatic carbocycles. The molecule has 0 saturated carbocycles. The summed E-state index contributed by atoms with van der Waals surface area (Å²) in [6, 6.07) is 3.34. The molecule has 1 aromatic rings. The van der Waals surface area contributed by atoms with Crippen molar-refractivity contribution in [3.63, 3.8) is 0 Å². The Bertz CT molecular complexity index is 350. The average Bonchev–Trinajstić information content (AvgIpc) is 2.09. The van der Waals surface area contributed by atoms with E-state index in [0.29, 0.717) is 0 Å². The van der Waals surface area contributed by atoms with Crippen LogP contribution >= 0.6 is 15.9 Å². The highest BCUT2D eigenvalue weighted by Crippen LogP contribution is 2.24. The summed E-state index contributed by atoms with van der Waals surface area (Å²) in [7, 11) is 0. The Morgan fingerprint density at radius 3 is 2.46 bits per heavy atom. The number of nitro groups is 1. The van der Waals surface area contributed by atoms with Crippen LogP contribution in [0.5, 0.6) is 0 Å². The Balaban J connectivity index is 3.31. The molecule has 0 heterocycles. The van der Waals surface area contributed by atoms with Crippen LogP contribution in [0.15, 0.2) is 12.1 Å². The summed E-state index contributed by atoms with van der Waals surface area (Å²) < 4.78 is 0. The van der Waals surface area contributed by atoms with Gasteiger partial charge in [-0.3, -0.25) is 10.1 Å². The molecule has 0 aromatic heterocycles. The van der Waals surface area contributed by atoms with Gasteiger partial charge >= 0.3 is 0 Å². The van der Waals surface area contributed by atoms with Gasteiger partial charge in [-0.25, -0.2) is 0 Å². The summed E-state index contributed by atoms with van der Waals surface area (Å²) in [5.41, 5.74) is 3.04. The van der Waals surface area contributed by atoms with Gasteiger partial charge in [0.25, 0.3) is 5.69 Å². The number of hydrogen-bond donors (Lipinski definition) is 0. The molecular formula is C9H10BrNO2. The minimum Gasteiger partial charge on any atom is -0.258 e. The van der Waals surface area contributed by atoms with Gasteiger partial charge in [0.1, 0.15) is 0 Å². The molecule has 70 valence electrons. The molecule has 0 N–H and O–H groups in total. The van der Waals surface area contributed by atoms with Gasteiger partial charge in [-0.1, -0.05) is 22.0 Å². The van der Waals surface area contributed by atoms with Gasteiger partial charge in [0.15, 0.2) is 0 Å². The monoisotopic (exact) mass is 243 g/mol. The minimum absolute atomic E-state index is 0.196. The summed E-state index contributed by atoms with van der Waals surface area (Å²) in [5.74, 6) is 0. The molecular weight excluding hydrogens is 234 g/mol. The number of nitrogens with zero attached hydrogens (tertiary/aromatic N) is 1. The van der Waals surface area contributed by atoms with Crippen molar-refractivity contribution in [3.05, 3.63) is 38.9 Å². The molecule has 0 aliphatic heterocycles. The standard InChI is InChI=1S/C9H10BrNO2/c1-6-7(2)9(11(12)13)4-3-8(6)5-10/h3-4H,5H2,1-2H3. The predicted molar refractivity (Wildman–Crippen MR) is 55.2 cm³/mol. The SMILES string of the molecule is Cc1c(CBr)ccc([N+](=O)[O-])c1C. The summed E-state index contributed by atoms with van der Waals surface area (Å²) >= 11 is 3.33. The van der Waals surface area contributed by atoms with Gasteiger partial charge in [0.2, 0.25) is 0 Å². The number of halogens is 1. The zero-order valence-corrected chi connectivity index (χ0v) is 9.09. The maximum absolute atomic E-state index is 10.6. The van der Waals surface area contributed by atoms with E-state index < -0.39 is 0 Å². The van der Waals surface area contributed by atoms with E-state index in [1.165, 1.54) is 0 Å². The van der Waals surface area contributed by atoms with E-state index in [0.717, 1.165) is 22.0 Å². The first kappa shape index (κ1) is 10.2. The van der Waals surface area contributed by atoms with Gasteiger partial charge < -0.3 is 0 Å². The number of nitro benzene ring substituents is 1. The van der Waals surface area contributed by atoms with Crippen LogP contribution in [0.1, 0.15) is 16.7 Å². The lowest BCUT2D eigenvalue weighted by atomic mass is 10.0. The third-order valence-corrected chi connectivity index (χ3v) is 2.82. The van der Waals surface area contributed by atoms with Gasteiger partial charge in [-0.15, -0.1) is 0 Å². The lowest BCUT2D eigenvalue weighted by Gasteiger charge is -2.05. The summed E-state index contributed by atoms with van der Waals surface area (Å²) in [6.07, 6.45) is 0. The van der Waals surface area contributed by atoms with E-state index in [4.69, 9.17) is 0 Å². The van der Waals surface area contributed by atoms with E-state index in [1.807, 2.05) is 6.92 Å². The average molecular weight is 244 g/mol.